The summed E-state index contributed by atoms with van der Waals surface area (Å²) in [5.41, 5.74) is 5.89. The normalized spacial score (nSPS) is 30.9. The maximum atomic E-state index is 6.06. The van der Waals surface area contributed by atoms with Gasteiger partial charge in [-0.15, -0.1) is 0 Å². The van der Waals surface area contributed by atoms with E-state index in [0.29, 0.717) is 6.54 Å². The first-order valence-corrected chi connectivity index (χ1v) is 6.60. The number of nitrogens with two attached hydrogens (primary N) is 1. The molecule has 3 nitrogen and oxygen atoms in total. The maximum Gasteiger partial charge on any atom is 0.0805 e. The van der Waals surface area contributed by atoms with Crippen molar-refractivity contribution in [2.45, 2.75) is 44.6 Å². The topological polar surface area (TPSA) is 38.5 Å². The monoisotopic (exact) mass is 228 g/mol. The molecule has 96 valence electrons. The van der Waals surface area contributed by atoms with Gasteiger partial charge in [0.1, 0.15) is 0 Å². The Morgan fingerprint density at radius 2 is 1.94 bits per heavy atom. The van der Waals surface area contributed by atoms with Crippen LogP contribution in [0.2, 0.25) is 0 Å². The molecular weight excluding hydrogens is 200 g/mol. The van der Waals surface area contributed by atoms with Crippen LogP contribution in [0, 0.1) is 5.92 Å². The highest BCUT2D eigenvalue weighted by atomic mass is 16.5. The average molecular weight is 228 g/mol. The van der Waals surface area contributed by atoms with Crippen LogP contribution in [-0.2, 0) is 4.74 Å². The van der Waals surface area contributed by atoms with Gasteiger partial charge in [-0.25, -0.2) is 0 Å². The zero-order chi connectivity index (χ0) is 12.0. The number of rotatable bonds is 6. The molecule has 0 aliphatic heterocycles. The maximum absolute atomic E-state index is 6.06. The van der Waals surface area contributed by atoms with Gasteiger partial charge >= 0.3 is 0 Å². The Hall–Kier alpha value is -0.120. The minimum Gasteiger partial charge on any atom is -0.372 e. The van der Waals surface area contributed by atoms with E-state index in [1.165, 1.54) is 19.3 Å². The van der Waals surface area contributed by atoms with E-state index in [2.05, 4.69) is 25.9 Å². The Morgan fingerprint density at radius 1 is 1.31 bits per heavy atom. The summed E-state index contributed by atoms with van der Waals surface area (Å²) in [5.74, 6) is 0.900. The predicted octanol–water partition coefficient (Wildman–Crippen LogP) is 1.86. The first kappa shape index (κ1) is 13.9. The lowest BCUT2D eigenvalue weighted by Crippen LogP contribution is -2.45. The van der Waals surface area contributed by atoms with Crippen molar-refractivity contribution < 1.29 is 4.74 Å². The highest BCUT2D eigenvalue weighted by molar-refractivity contribution is 4.88. The zero-order valence-corrected chi connectivity index (χ0v) is 11.2. The van der Waals surface area contributed by atoms with Crippen LogP contribution in [0.15, 0.2) is 0 Å². The average Bonchev–Trinajstić information content (AvgIpc) is 2.29. The van der Waals surface area contributed by atoms with Crippen molar-refractivity contribution in [1.82, 2.24) is 4.90 Å². The third-order valence-electron chi connectivity index (χ3n) is 3.91. The molecule has 0 bridgehead atoms. The van der Waals surface area contributed by atoms with E-state index < -0.39 is 0 Å². The van der Waals surface area contributed by atoms with Gasteiger partial charge in [0.15, 0.2) is 0 Å². The van der Waals surface area contributed by atoms with Gasteiger partial charge in [0, 0.05) is 13.1 Å². The van der Waals surface area contributed by atoms with Crippen molar-refractivity contribution >= 4 is 0 Å². The second-order valence-corrected chi connectivity index (χ2v) is 5.39. The Bertz CT molecular complexity index is 186. The van der Waals surface area contributed by atoms with Gasteiger partial charge in [-0.2, -0.15) is 0 Å². The van der Waals surface area contributed by atoms with Crippen molar-refractivity contribution in [3.63, 3.8) is 0 Å². The minimum absolute atomic E-state index is 0.0122. The molecule has 1 saturated carbocycles. The largest absolute Gasteiger partial charge is 0.372 e. The molecular formula is C13H28N2O. The number of nitrogens with zero attached hydrogens (tertiary/aromatic N) is 1. The third-order valence-corrected chi connectivity index (χ3v) is 3.91. The van der Waals surface area contributed by atoms with Gasteiger partial charge in [-0.05, 0) is 45.7 Å². The molecule has 0 amide bonds. The minimum atomic E-state index is -0.0122. The van der Waals surface area contributed by atoms with E-state index in [9.17, 15) is 0 Å². The fraction of sp³-hybridized carbons (Fsp3) is 1.00. The van der Waals surface area contributed by atoms with Crippen LogP contribution >= 0.6 is 0 Å². The van der Waals surface area contributed by atoms with Crippen molar-refractivity contribution in [3.05, 3.63) is 0 Å². The van der Waals surface area contributed by atoms with Gasteiger partial charge < -0.3 is 15.4 Å². The molecule has 3 heteroatoms. The van der Waals surface area contributed by atoms with E-state index in [4.69, 9.17) is 10.5 Å². The van der Waals surface area contributed by atoms with E-state index in [0.717, 1.165) is 31.9 Å². The summed E-state index contributed by atoms with van der Waals surface area (Å²) in [6.45, 7) is 4.75. The SMILES string of the molecule is CCC1CCC(CN)(OCCN(C)C)CC1. The fourth-order valence-corrected chi connectivity index (χ4v) is 2.46. The van der Waals surface area contributed by atoms with Crippen LogP contribution in [0.4, 0.5) is 0 Å². The van der Waals surface area contributed by atoms with Crippen molar-refractivity contribution in [3.8, 4) is 0 Å². The van der Waals surface area contributed by atoms with E-state index in [-0.39, 0.29) is 5.60 Å². The molecule has 16 heavy (non-hydrogen) atoms. The summed E-state index contributed by atoms with van der Waals surface area (Å²) in [6, 6.07) is 0. The first-order valence-electron chi connectivity index (χ1n) is 6.60. The smallest absolute Gasteiger partial charge is 0.0805 e. The van der Waals surface area contributed by atoms with E-state index >= 15 is 0 Å². The molecule has 0 aromatic rings. The summed E-state index contributed by atoms with van der Waals surface area (Å²) in [4.78, 5) is 2.15. The van der Waals surface area contributed by atoms with Crippen LogP contribution in [0.1, 0.15) is 39.0 Å². The molecule has 1 aliphatic rings. The van der Waals surface area contributed by atoms with Gasteiger partial charge in [0.05, 0.1) is 12.2 Å². The molecule has 0 atom stereocenters. The molecule has 0 spiro atoms. The van der Waals surface area contributed by atoms with Crippen LogP contribution in [0.25, 0.3) is 0 Å². The molecule has 0 saturated heterocycles. The molecule has 0 heterocycles. The zero-order valence-electron chi connectivity index (χ0n) is 11.2. The van der Waals surface area contributed by atoms with Crippen LogP contribution in [0.3, 0.4) is 0 Å². The van der Waals surface area contributed by atoms with Crippen molar-refractivity contribution in [1.29, 1.82) is 0 Å². The second-order valence-electron chi connectivity index (χ2n) is 5.39. The summed E-state index contributed by atoms with van der Waals surface area (Å²) < 4.78 is 6.06. The van der Waals surface area contributed by atoms with Gasteiger partial charge in [0.2, 0.25) is 0 Å². The fourth-order valence-electron chi connectivity index (χ4n) is 2.46. The molecule has 1 rings (SSSR count). The lowest BCUT2D eigenvalue weighted by atomic mass is 9.77. The van der Waals surface area contributed by atoms with Crippen LogP contribution in [-0.4, -0.2) is 44.3 Å². The molecule has 0 aromatic carbocycles. The van der Waals surface area contributed by atoms with Gasteiger partial charge in [-0.1, -0.05) is 13.3 Å². The van der Waals surface area contributed by atoms with E-state index in [1.54, 1.807) is 0 Å². The number of ether oxygens (including phenoxy) is 1. The summed E-state index contributed by atoms with van der Waals surface area (Å²) in [7, 11) is 4.15. The summed E-state index contributed by atoms with van der Waals surface area (Å²) >= 11 is 0. The molecule has 0 aromatic heterocycles. The van der Waals surface area contributed by atoms with Gasteiger partial charge in [-0.3, -0.25) is 0 Å². The van der Waals surface area contributed by atoms with Crippen molar-refractivity contribution in [2.24, 2.45) is 11.7 Å². The number of hydrogen-bond donors (Lipinski definition) is 1. The Morgan fingerprint density at radius 3 is 2.38 bits per heavy atom. The van der Waals surface area contributed by atoms with Gasteiger partial charge in [0.25, 0.3) is 0 Å². The molecule has 0 radical (unpaired) electrons. The third kappa shape index (κ3) is 4.04. The molecule has 0 unspecified atom stereocenters. The number of likely N-dealkylation sites (N-methyl/N-ethyl adjacent to an activating group) is 1. The highest BCUT2D eigenvalue weighted by Crippen LogP contribution is 2.35. The van der Waals surface area contributed by atoms with E-state index in [1.807, 2.05) is 0 Å². The first-order chi connectivity index (χ1) is 7.62. The lowest BCUT2D eigenvalue weighted by molar-refractivity contribution is -0.0745. The Balaban J connectivity index is 2.34. The van der Waals surface area contributed by atoms with Crippen LogP contribution < -0.4 is 5.73 Å². The Kier molecular flexibility index (Phi) is 5.73. The summed E-state index contributed by atoms with van der Waals surface area (Å²) in [6.07, 6.45) is 6.18. The number of hydrogen-bond acceptors (Lipinski definition) is 3. The second kappa shape index (κ2) is 6.58. The van der Waals surface area contributed by atoms with Crippen molar-refractivity contribution in [2.75, 3.05) is 33.8 Å². The predicted molar refractivity (Wildman–Crippen MR) is 68.5 cm³/mol. The Labute approximate surface area is 100 Å². The summed E-state index contributed by atoms with van der Waals surface area (Å²) in [5, 5.41) is 0. The standard InChI is InChI=1S/C13H28N2O/c1-4-12-5-7-13(11-14,8-6-12)16-10-9-15(2)3/h12H,4-11,14H2,1-3H3. The van der Waals surface area contributed by atoms with Crippen LogP contribution in [0.5, 0.6) is 0 Å². The molecule has 1 aliphatic carbocycles. The molecule has 2 N–H and O–H groups in total. The lowest BCUT2D eigenvalue weighted by Gasteiger charge is -2.39. The quantitative estimate of drug-likeness (QED) is 0.754. The highest BCUT2D eigenvalue weighted by Gasteiger charge is 2.34. The molecule has 1 fully saturated rings.